The fraction of sp³-hybridized carbons (Fsp3) is 0.348. The van der Waals surface area contributed by atoms with Gasteiger partial charge in [-0.15, -0.1) is 0 Å². The maximum atomic E-state index is 12.6. The maximum absolute atomic E-state index is 12.6. The first-order valence-corrected chi connectivity index (χ1v) is 9.53. The molecule has 0 aromatic heterocycles. The average molecular weight is 380 g/mol. The summed E-state index contributed by atoms with van der Waals surface area (Å²) >= 11 is 0. The van der Waals surface area contributed by atoms with E-state index in [1.807, 2.05) is 29.2 Å². The fourth-order valence-electron chi connectivity index (χ4n) is 3.48. The number of piperazine rings is 1. The van der Waals surface area contributed by atoms with Gasteiger partial charge in [-0.05, 0) is 54.8 Å². The van der Waals surface area contributed by atoms with Crippen LogP contribution in [0.5, 0.6) is 11.5 Å². The van der Waals surface area contributed by atoms with Crippen molar-refractivity contribution in [3.05, 3.63) is 59.2 Å². The number of hydrogen-bond donors (Lipinski definition) is 0. The fourth-order valence-corrected chi connectivity index (χ4v) is 3.48. The summed E-state index contributed by atoms with van der Waals surface area (Å²) in [6.07, 6.45) is 3.45. The summed E-state index contributed by atoms with van der Waals surface area (Å²) in [4.78, 5) is 16.8. The average Bonchev–Trinajstić information content (AvgIpc) is 2.73. The van der Waals surface area contributed by atoms with Gasteiger partial charge in [-0.25, -0.2) is 0 Å². The number of amides is 1. The molecule has 1 heterocycles. The standard InChI is InChI=1S/C23H28N2O3/c1-17-6-5-7-20(18(17)2)24-12-14-25(15-13-24)23(26)11-9-19-8-10-21(27-3)22(16-19)28-4/h5-11,16H,12-15H2,1-4H3. The van der Waals surface area contributed by atoms with Crippen LogP contribution in [0.1, 0.15) is 16.7 Å². The second kappa shape index (κ2) is 8.83. The maximum Gasteiger partial charge on any atom is 0.246 e. The van der Waals surface area contributed by atoms with Crippen LogP contribution in [-0.2, 0) is 4.79 Å². The predicted molar refractivity (Wildman–Crippen MR) is 113 cm³/mol. The molecule has 0 spiro atoms. The van der Waals surface area contributed by atoms with E-state index in [0.29, 0.717) is 11.5 Å². The molecule has 1 saturated heterocycles. The van der Waals surface area contributed by atoms with Gasteiger partial charge in [0.25, 0.3) is 0 Å². The number of anilines is 1. The largest absolute Gasteiger partial charge is 0.493 e. The third-order valence-corrected chi connectivity index (χ3v) is 5.33. The van der Waals surface area contributed by atoms with Gasteiger partial charge in [-0.1, -0.05) is 18.2 Å². The molecule has 0 aliphatic carbocycles. The van der Waals surface area contributed by atoms with Crippen LogP contribution >= 0.6 is 0 Å². The third-order valence-electron chi connectivity index (χ3n) is 5.33. The lowest BCUT2D eigenvalue weighted by atomic mass is 10.1. The van der Waals surface area contributed by atoms with Gasteiger partial charge < -0.3 is 19.3 Å². The van der Waals surface area contributed by atoms with E-state index in [2.05, 4.69) is 36.9 Å². The number of ether oxygens (including phenoxy) is 2. The van der Waals surface area contributed by atoms with Crippen LogP contribution in [0.2, 0.25) is 0 Å². The highest BCUT2D eigenvalue weighted by atomic mass is 16.5. The highest BCUT2D eigenvalue weighted by Gasteiger charge is 2.21. The topological polar surface area (TPSA) is 42.0 Å². The summed E-state index contributed by atoms with van der Waals surface area (Å²) in [5, 5.41) is 0. The zero-order chi connectivity index (χ0) is 20.1. The van der Waals surface area contributed by atoms with E-state index in [0.717, 1.165) is 31.7 Å². The Balaban J connectivity index is 1.61. The van der Waals surface area contributed by atoms with E-state index in [-0.39, 0.29) is 5.91 Å². The smallest absolute Gasteiger partial charge is 0.246 e. The van der Waals surface area contributed by atoms with Crippen LogP contribution < -0.4 is 14.4 Å². The van der Waals surface area contributed by atoms with Gasteiger partial charge >= 0.3 is 0 Å². The molecular weight excluding hydrogens is 352 g/mol. The van der Waals surface area contributed by atoms with Crippen LogP contribution in [0, 0.1) is 13.8 Å². The van der Waals surface area contributed by atoms with Crippen LogP contribution in [0.3, 0.4) is 0 Å². The van der Waals surface area contributed by atoms with Crippen molar-refractivity contribution in [2.45, 2.75) is 13.8 Å². The molecule has 2 aromatic carbocycles. The molecule has 0 N–H and O–H groups in total. The van der Waals surface area contributed by atoms with Crippen LogP contribution in [0.4, 0.5) is 5.69 Å². The first-order chi connectivity index (χ1) is 13.5. The first kappa shape index (κ1) is 19.8. The molecule has 0 radical (unpaired) electrons. The van der Waals surface area contributed by atoms with Crippen LogP contribution in [0.15, 0.2) is 42.5 Å². The summed E-state index contributed by atoms with van der Waals surface area (Å²) in [5.41, 5.74) is 4.79. The summed E-state index contributed by atoms with van der Waals surface area (Å²) in [6.45, 7) is 7.44. The molecule has 0 bridgehead atoms. The predicted octanol–water partition coefficient (Wildman–Crippen LogP) is 3.68. The third kappa shape index (κ3) is 4.30. The minimum absolute atomic E-state index is 0.0374. The lowest BCUT2D eigenvalue weighted by Crippen LogP contribution is -2.48. The molecule has 1 fully saturated rings. The number of benzene rings is 2. The van der Waals surface area contributed by atoms with Gasteiger partial charge in [0.2, 0.25) is 5.91 Å². The summed E-state index contributed by atoms with van der Waals surface area (Å²) < 4.78 is 10.6. The number of nitrogens with zero attached hydrogens (tertiary/aromatic N) is 2. The molecule has 2 aromatic rings. The minimum atomic E-state index is 0.0374. The number of rotatable bonds is 5. The molecule has 0 saturated carbocycles. The van der Waals surface area contributed by atoms with E-state index in [1.54, 1.807) is 20.3 Å². The summed E-state index contributed by atoms with van der Waals surface area (Å²) in [7, 11) is 3.21. The quantitative estimate of drug-likeness (QED) is 0.742. The van der Waals surface area contributed by atoms with E-state index in [9.17, 15) is 4.79 Å². The van der Waals surface area contributed by atoms with Crippen molar-refractivity contribution in [3.63, 3.8) is 0 Å². The molecule has 0 atom stereocenters. The second-order valence-electron chi connectivity index (χ2n) is 6.98. The Morgan fingerprint density at radius 3 is 2.36 bits per heavy atom. The van der Waals surface area contributed by atoms with E-state index in [4.69, 9.17) is 9.47 Å². The zero-order valence-electron chi connectivity index (χ0n) is 17.1. The van der Waals surface area contributed by atoms with E-state index < -0.39 is 0 Å². The molecule has 3 rings (SSSR count). The van der Waals surface area contributed by atoms with Crippen molar-refractivity contribution >= 4 is 17.7 Å². The normalized spacial score (nSPS) is 14.4. The summed E-state index contributed by atoms with van der Waals surface area (Å²) in [5.74, 6) is 1.36. The highest BCUT2D eigenvalue weighted by Crippen LogP contribution is 2.28. The van der Waals surface area contributed by atoms with Crippen molar-refractivity contribution < 1.29 is 14.3 Å². The Morgan fingerprint density at radius 2 is 1.68 bits per heavy atom. The Kier molecular flexibility index (Phi) is 6.24. The first-order valence-electron chi connectivity index (χ1n) is 9.53. The van der Waals surface area contributed by atoms with Gasteiger partial charge in [0.05, 0.1) is 14.2 Å². The molecule has 0 unspecified atom stereocenters. The highest BCUT2D eigenvalue weighted by molar-refractivity contribution is 5.92. The molecule has 5 heteroatoms. The van der Waals surface area contributed by atoms with E-state index >= 15 is 0 Å². The van der Waals surface area contributed by atoms with Crippen molar-refractivity contribution in [3.8, 4) is 11.5 Å². The van der Waals surface area contributed by atoms with Gasteiger partial charge in [-0.2, -0.15) is 0 Å². The molecule has 148 valence electrons. The molecular formula is C23H28N2O3. The van der Waals surface area contributed by atoms with Crippen molar-refractivity contribution in [1.82, 2.24) is 4.90 Å². The lowest BCUT2D eigenvalue weighted by molar-refractivity contribution is -0.126. The lowest BCUT2D eigenvalue weighted by Gasteiger charge is -2.36. The monoisotopic (exact) mass is 380 g/mol. The van der Waals surface area contributed by atoms with Crippen molar-refractivity contribution in [1.29, 1.82) is 0 Å². The van der Waals surface area contributed by atoms with Gasteiger partial charge in [0.15, 0.2) is 11.5 Å². The molecule has 1 aliphatic heterocycles. The minimum Gasteiger partial charge on any atom is -0.493 e. The Hall–Kier alpha value is -2.95. The molecule has 28 heavy (non-hydrogen) atoms. The van der Waals surface area contributed by atoms with Crippen molar-refractivity contribution in [2.24, 2.45) is 0 Å². The van der Waals surface area contributed by atoms with Gasteiger partial charge in [0, 0.05) is 37.9 Å². The van der Waals surface area contributed by atoms with Gasteiger partial charge in [-0.3, -0.25) is 4.79 Å². The number of carbonyl (C=O) groups is 1. The second-order valence-corrected chi connectivity index (χ2v) is 6.98. The number of carbonyl (C=O) groups excluding carboxylic acids is 1. The van der Waals surface area contributed by atoms with Crippen LogP contribution in [-0.4, -0.2) is 51.2 Å². The SMILES string of the molecule is COc1ccc(C=CC(=O)N2CCN(c3cccc(C)c3C)CC2)cc1OC. The molecule has 1 amide bonds. The molecule has 5 nitrogen and oxygen atoms in total. The molecule has 1 aliphatic rings. The summed E-state index contributed by atoms with van der Waals surface area (Å²) in [6, 6.07) is 12.0. The zero-order valence-corrected chi connectivity index (χ0v) is 17.1. The number of hydrogen-bond acceptors (Lipinski definition) is 4. The Bertz CT molecular complexity index is 868. The Morgan fingerprint density at radius 1 is 0.964 bits per heavy atom. The van der Waals surface area contributed by atoms with Gasteiger partial charge in [0.1, 0.15) is 0 Å². The van der Waals surface area contributed by atoms with Crippen molar-refractivity contribution in [2.75, 3.05) is 45.3 Å². The number of aryl methyl sites for hydroxylation is 1. The Labute approximate surface area is 167 Å². The van der Waals surface area contributed by atoms with E-state index in [1.165, 1.54) is 16.8 Å². The van der Waals surface area contributed by atoms with Crippen LogP contribution in [0.25, 0.3) is 6.08 Å². The number of methoxy groups -OCH3 is 2.